The fourth-order valence-electron chi connectivity index (χ4n) is 1.82. The van der Waals surface area contributed by atoms with Crippen LogP contribution in [0.4, 0.5) is 4.79 Å². The monoisotopic (exact) mass is 284 g/mol. The van der Waals surface area contributed by atoms with Crippen LogP contribution in [0.2, 0.25) is 5.02 Å². The lowest BCUT2D eigenvalue weighted by atomic mass is 10.1. The Kier molecular flexibility index (Phi) is 4.27. The fraction of sp³-hybridized carbons (Fsp3) is 0.333. The molecule has 1 atom stereocenters. The SMILES string of the molecule is NCCN1C(=O)S[C@H](Cc2ccccc2Cl)C1=O. The van der Waals surface area contributed by atoms with E-state index in [0.717, 1.165) is 17.3 Å². The van der Waals surface area contributed by atoms with Crippen LogP contribution in [0.5, 0.6) is 0 Å². The van der Waals surface area contributed by atoms with Gasteiger partial charge < -0.3 is 5.73 Å². The molecule has 0 unspecified atom stereocenters. The summed E-state index contributed by atoms with van der Waals surface area (Å²) in [7, 11) is 0. The Bertz CT molecular complexity index is 481. The molecule has 1 aliphatic heterocycles. The molecule has 0 aliphatic carbocycles. The van der Waals surface area contributed by atoms with Crippen LogP contribution in [0.3, 0.4) is 0 Å². The Morgan fingerprint density at radius 1 is 1.33 bits per heavy atom. The van der Waals surface area contributed by atoms with Crippen molar-refractivity contribution in [3.8, 4) is 0 Å². The van der Waals surface area contributed by atoms with Gasteiger partial charge in [0.25, 0.3) is 5.24 Å². The van der Waals surface area contributed by atoms with E-state index in [1.54, 1.807) is 6.07 Å². The second-order valence-electron chi connectivity index (χ2n) is 3.95. The summed E-state index contributed by atoms with van der Waals surface area (Å²) in [5, 5.41) is 0.0158. The molecule has 0 aromatic heterocycles. The van der Waals surface area contributed by atoms with E-state index >= 15 is 0 Å². The summed E-state index contributed by atoms with van der Waals surface area (Å²) < 4.78 is 0. The van der Waals surface area contributed by atoms with Gasteiger partial charge in [-0.05, 0) is 18.1 Å². The summed E-state index contributed by atoms with van der Waals surface area (Å²) in [5.41, 5.74) is 6.26. The first-order chi connectivity index (χ1) is 8.63. The molecule has 0 spiro atoms. The lowest BCUT2D eigenvalue weighted by molar-refractivity contribution is -0.126. The second kappa shape index (κ2) is 5.73. The van der Waals surface area contributed by atoms with Gasteiger partial charge >= 0.3 is 0 Å². The number of carbonyl (C=O) groups is 2. The Hall–Kier alpha value is -1.04. The van der Waals surface area contributed by atoms with Gasteiger partial charge in [-0.25, -0.2) is 0 Å². The summed E-state index contributed by atoms with van der Waals surface area (Å²) in [6, 6.07) is 7.35. The molecule has 0 radical (unpaired) electrons. The number of nitrogens with two attached hydrogens (primary N) is 1. The molecule has 1 aromatic rings. The number of halogens is 1. The number of amides is 2. The maximum Gasteiger partial charge on any atom is 0.289 e. The van der Waals surface area contributed by atoms with Crippen LogP contribution in [0.15, 0.2) is 24.3 Å². The highest BCUT2D eigenvalue weighted by atomic mass is 35.5. The summed E-state index contributed by atoms with van der Waals surface area (Å²) >= 11 is 7.09. The van der Waals surface area contributed by atoms with Crippen molar-refractivity contribution >= 4 is 34.5 Å². The van der Waals surface area contributed by atoms with Gasteiger partial charge in [0, 0.05) is 18.1 Å². The highest BCUT2D eigenvalue weighted by Gasteiger charge is 2.39. The number of rotatable bonds is 4. The molecule has 2 rings (SSSR count). The van der Waals surface area contributed by atoms with E-state index in [1.165, 1.54) is 4.90 Å². The molecule has 18 heavy (non-hydrogen) atoms. The standard InChI is InChI=1S/C12H13ClN2O2S/c13-9-4-2-1-3-8(9)7-10-11(16)15(6-5-14)12(17)18-10/h1-4,10H,5-7,14H2/t10-/m1/s1. The van der Waals surface area contributed by atoms with Gasteiger partial charge in [-0.3, -0.25) is 14.5 Å². The first kappa shape index (κ1) is 13.4. The van der Waals surface area contributed by atoms with E-state index in [-0.39, 0.29) is 29.5 Å². The average Bonchev–Trinajstić information content (AvgIpc) is 2.60. The van der Waals surface area contributed by atoms with Gasteiger partial charge in [0.1, 0.15) is 0 Å². The minimum absolute atomic E-state index is 0.171. The lowest BCUT2D eigenvalue weighted by Gasteiger charge is -2.12. The molecule has 1 heterocycles. The number of nitrogens with zero attached hydrogens (tertiary/aromatic N) is 1. The molecular weight excluding hydrogens is 272 g/mol. The van der Waals surface area contributed by atoms with Crippen molar-refractivity contribution in [3.63, 3.8) is 0 Å². The van der Waals surface area contributed by atoms with Crippen LogP contribution >= 0.6 is 23.4 Å². The van der Waals surface area contributed by atoms with Crippen LogP contribution in [-0.4, -0.2) is 34.4 Å². The molecule has 0 saturated carbocycles. The number of benzene rings is 1. The van der Waals surface area contributed by atoms with Crippen LogP contribution < -0.4 is 5.73 Å². The third-order valence-corrected chi connectivity index (χ3v) is 4.16. The summed E-state index contributed by atoms with van der Waals surface area (Å²) in [5.74, 6) is -0.171. The van der Waals surface area contributed by atoms with Crippen molar-refractivity contribution < 1.29 is 9.59 Å². The predicted octanol–water partition coefficient (Wildman–Crippen LogP) is 1.91. The van der Waals surface area contributed by atoms with Gasteiger partial charge in [-0.2, -0.15) is 0 Å². The molecule has 1 fully saturated rings. The second-order valence-corrected chi connectivity index (χ2v) is 5.51. The predicted molar refractivity (Wildman–Crippen MR) is 72.7 cm³/mol. The maximum atomic E-state index is 12.0. The van der Waals surface area contributed by atoms with Gasteiger partial charge in [0.15, 0.2) is 0 Å². The molecular formula is C12H13ClN2O2S. The van der Waals surface area contributed by atoms with Gasteiger partial charge in [0.05, 0.1) is 5.25 Å². The Balaban J connectivity index is 2.10. The normalized spacial score (nSPS) is 19.7. The zero-order chi connectivity index (χ0) is 13.1. The molecule has 6 heteroatoms. The minimum atomic E-state index is -0.385. The molecule has 96 valence electrons. The number of imide groups is 1. The topological polar surface area (TPSA) is 63.4 Å². The molecule has 4 nitrogen and oxygen atoms in total. The zero-order valence-corrected chi connectivity index (χ0v) is 11.2. The number of carbonyl (C=O) groups excluding carboxylic acids is 2. The molecule has 1 aliphatic rings. The highest BCUT2D eigenvalue weighted by Crippen LogP contribution is 2.30. The Morgan fingerprint density at radius 3 is 2.72 bits per heavy atom. The van der Waals surface area contributed by atoms with Crippen LogP contribution in [-0.2, 0) is 11.2 Å². The lowest BCUT2D eigenvalue weighted by Crippen LogP contribution is -2.36. The number of thioether (sulfide) groups is 1. The van der Waals surface area contributed by atoms with Gasteiger partial charge in [0.2, 0.25) is 5.91 Å². The van der Waals surface area contributed by atoms with E-state index in [9.17, 15) is 9.59 Å². The van der Waals surface area contributed by atoms with Crippen molar-refractivity contribution in [3.05, 3.63) is 34.9 Å². The van der Waals surface area contributed by atoms with E-state index in [2.05, 4.69) is 0 Å². The van der Waals surface area contributed by atoms with E-state index in [0.29, 0.717) is 11.4 Å². The minimum Gasteiger partial charge on any atom is -0.329 e. The molecule has 1 saturated heterocycles. The maximum absolute atomic E-state index is 12.0. The van der Waals surface area contributed by atoms with Crippen molar-refractivity contribution in [2.75, 3.05) is 13.1 Å². The quantitative estimate of drug-likeness (QED) is 0.917. The Labute approximate surface area is 114 Å². The fourth-order valence-corrected chi connectivity index (χ4v) is 3.08. The highest BCUT2D eigenvalue weighted by molar-refractivity contribution is 8.15. The first-order valence-corrected chi connectivity index (χ1v) is 6.84. The van der Waals surface area contributed by atoms with Crippen LogP contribution in [0.25, 0.3) is 0 Å². The smallest absolute Gasteiger partial charge is 0.289 e. The average molecular weight is 285 g/mol. The molecule has 1 aromatic carbocycles. The van der Waals surface area contributed by atoms with E-state index in [1.807, 2.05) is 18.2 Å². The van der Waals surface area contributed by atoms with Crippen molar-refractivity contribution in [1.29, 1.82) is 0 Å². The molecule has 0 bridgehead atoms. The summed E-state index contributed by atoms with van der Waals surface area (Å²) in [6.07, 6.45) is 0.468. The largest absolute Gasteiger partial charge is 0.329 e. The molecule has 2 amide bonds. The summed E-state index contributed by atoms with van der Waals surface area (Å²) in [4.78, 5) is 24.9. The van der Waals surface area contributed by atoms with Gasteiger partial charge in [-0.1, -0.05) is 41.6 Å². The summed E-state index contributed by atoms with van der Waals surface area (Å²) in [6.45, 7) is 0.570. The number of hydrogen-bond acceptors (Lipinski definition) is 4. The van der Waals surface area contributed by atoms with Crippen LogP contribution in [0, 0.1) is 0 Å². The molecule has 2 N–H and O–H groups in total. The van der Waals surface area contributed by atoms with Crippen molar-refractivity contribution in [2.45, 2.75) is 11.7 Å². The van der Waals surface area contributed by atoms with Crippen molar-refractivity contribution in [2.24, 2.45) is 5.73 Å². The Morgan fingerprint density at radius 2 is 2.06 bits per heavy atom. The van der Waals surface area contributed by atoms with Crippen LogP contribution in [0.1, 0.15) is 5.56 Å². The van der Waals surface area contributed by atoms with Crippen molar-refractivity contribution in [1.82, 2.24) is 4.90 Å². The first-order valence-electron chi connectivity index (χ1n) is 5.59. The third kappa shape index (κ3) is 2.68. The third-order valence-electron chi connectivity index (χ3n) is 2.72. The van der Waals surface area contributed by atoms with E-state index < -0.39 is 0 Å². The van der Waals surface area contributed by atoms with E-state index in [4.69, 9.17) is 17.3 Å². The number of hydrogen-bond donors (Lipinski definition) is 1. The zero-order valence-electron chi connectivity index (χ0n) is 9.64. The van der Waals surface area contributed by atoms with Gasteiger partial charge in [-0.15, -0.1) is 0 Å².